The van der Waals surface area contributed by atoms with Gasteiger partial charge in [0, 0.05) is 0 Å². The van der Waals surface area contributed by atoms with E-state index in [1.165, 1.54) is 13.6 Å². The maximum Gasteiger partial charge on any atom is 0.160 e. The minimum atomic E-state index is 0.648. The first-order valence-corrected chi connectivity index (χ1v) is 2.55. The fraction of sp³-hybridized carbons (Fsp3) is 1.00. The molecule has 0 aromatic carbocycles. The number of hydrogen-bond acceptors (Lipinski definition) is 1. The van der Waals surface area contributed by atoms with Crippen LogP contribution in [0, 0.1) is 0 Å². The summed E-state index contributed by atoms with van der Waals surface area (Å²) < 4.78 is 4.95. The van der Waals surface area contributed by atoms with E-state index in [0.717, 1.165) is 6.61 Å². The topological polar surface area (TPSA) is 12.5 Å². The average Bonchev–Trinajstić information content (AvgIpc) is 2.21. The van der Waals surface area contributed by atoms with Crippen molar-refractivity contribution < 1.29 is 4.74 Å². The Kier molecular flexibility index (Phi) is 1.15. The van der Waals surface area contributed by atoms with Gasteiger partial charge in [0.25, 0.3) is 0 Å². The summed E-state index contributed by atoms with van der Waals surface area (Å²) in [5, 5.41) is 0. The maximum atomic E-state index is 4.95. The quantitative estimate of drug-likeness (QED) is 0.344. The van der Waals surface area contributed by atoms with Gasteiger partial charge < -0.3 is 4.74 Å². The van der Waals surface area contributed by atoms with Crippen LogP contribution in [0.2, 0.25) is 6.32 Å². The lowest BCUT2D eigenvalue weighted by Gasteiger charge is -1.75. The highest BCUT2D eigenvalue weighted by molar-refractivity contribution is 6.38. The Hall–Kier alpha value is 0.0249. The summed E-state index contributed by atoms with van der Waals surface area (Å²) in [4.78, 5) is 0. The lowest BCUT2D eigenvalue weighted by atomic mass is 9.72. The molecule has 6 heavy (non-hydrogen) atoms. The molecule has 1 fully saturated rings. The van der Waals surface area contributed by atoms with Gasteiger partial charge in [0.05, 0.1) is 12.6 Å². The van der Waals surface area contributed by atoms with Crippen LogP contribution in [0.1, 0.15) is 6.92 Å². The lowest BCUT2D eigenvalue weighted by molar-refractivity contribution is 0.454. The highest BCUT2D eigenvalue weighted by atomic mass is 16.6. The van der Waals surface area contributed by atoms with Crippen molar-refractivity contribution in [2.45, 2.75) is 19.2 Å². The molecule has 0 N–H and O–H groups in total. The SMILES string of the molecule is CCBC1CO1. The van der Waals surface area contributed by atoms with Crippen LogP contribution in [0.4, 0.5) is 0 Å². The second-order valence-corrected chi connectivity index (χ2v) is 1.74. The van der Waals surface area contributed by atoms with Crippen LogP contribution in [0.3, 0.4) is 0 Å². The van der Waals surface area contributed by atoms with Gasteiger partial charge in [-0.05, 0) is 0 Å². The Bertz CT molecular complexity index is 42.8. The van der Waals surface area contributed by atoms with Gasteiger partial charge in [0.15, 0.2) is 7.28 Å². The Balaban J connectivity index is 1.88. The molecule has 1 unspecified atom stereocenters. The first-order valence-electron chi connectivity index (χ1n) is 2.55. The molecule has 0 bridgehead atoms. The van der Waals surface area contributed by atoms with Crippen molar-refractivity contribution in [3.05, 3.63) is 0 Å². The van der Waals surface area contributed by atoms with Crippen molar-refractivity contribution in [3.63, 3.8) is 0 Å². The molecule has 0 saturated carbocycles. The fourth-order valence-electron chi connectivity index (χ4n) is 0.557. The van der Waals surface area contributed by atoms with Gasteiger partial charge in [-0.25, -0.2) is 0 Å². The molecule has 2 heteroatoms. The highest BCUT2D eigenvalue weighted by Crippen LogP contribution is 2.06. The largest absolute Gasteiger partial charge is 0.383 e. The minimum Gasteiger partial charge on any atom is -0.383 e. The minimum absolute atomic E-state index is 0.648. The molecule has 0 aromatic heterocycles. The summed E-state index contributed by atoms with van der Waals surface area (Å²) in [5.41, 5.74) is 0. The maximum absolute atomic E-state index is 4.95. The van der Waals surface area contributed by atoms with Crippen LogP contribution in [0.5, 0.6) is 0 Å². The molecule has 1 aliphatic rings. The van der Waals surface area contributed by atoms with Crippen molar-refractivity contribution in [2.75, 3.05) is 6.61 Å². The fourth-order valence-corrected chi connectivity index (χ4v) is 0.557. The predicted octanol–water partition coefficient (Wildman–Crippen LogP) is 0.217. The van der Waals surface area contributed by atoms with E-state index in [-0.39, 0.29) is 0 Å². The van der Waals surface area contributed by atoms with Crippen molar-refractivity contribution in [2.24, 2.45) is 0 Å². The van der Waals surface area contributed by atoms with E-state index in [0.29, 0.717) is 6.00 Å². The van der Waals surface area contributed by atoms with E-state index < -0.39 is 0 Å². The molecule has 1 nitrogen and oxygen atoms in total. The highest BCUT2D eigenvalue weighted by Gasteiger charge is 2.20. The molecule has 1 rings (SSSR count). The predicted molar refractivity (Wildman–Crippen MR) is 27.4 cm³/mol. The van der Waals surface area contributed by atoms with E-state index >= 15 is 0 Å². The molecular weight excluding hydrogens is 74.9 g/mol. The normalized spacial score (nSPS) is 29.8. The molecule has 0 aromatic rings. The van der Waals surface area contributed by atoms with Crippen LogP contribution >= 0.6 is 0 Å². The Labute approximate surface area is 38.9 Å². The van der Waals surface area contributed by atoms with Crippen LogP contribution < -0.4 is 0 Å². The Morgan fingerprint density at radius 1 is 2.00 bits per heavy atom. The molecule has 0 radical (unpaired) electrons. The zero-order valence-electron chi connectivity index (χ0n) is 4.11. The van der Waals surface area contributed by atoms with Crippen LogP contribution in [0.15, 0.2) is 0 Å². The first-order chi connectivity index (χ1) is 2.93. The molecular formula is C4H9BO. The van der Waals surface area contributed by atoms with E-state index in [1.54, 1.807) is 0 Å². The molecule has 1 saturated heterocycles. The van der Waals surface area contributed by atoms with Crippen LogP contribution in [-0.2, 0) is 4.74 Å². The second-order valence-electron chi connectivity index (χ2n) is 1.74. The standard InChI is InChI=1S/C4H9BO/c1-2-5-4-3-6-4/h4-5H,2-3H2,1H3. The molecule has 1 heterocycles. The summed E-state index contributed by atoms with van der Waals surface area (Å²) in [6.45, 7) is 3.20. The van der Waals surface area contributed by atoms with Crippen LogP contribution in [0.25, 0.3) is 0 Å². The third-order valence-corrected chi connectivity index (χ3v) is 1.01. The summed E-state index contributed by atoms with van der Waals surface area (Å²) in [6, 6.07) is 0.648. The van der Waals surface area contributed by atoms with Crippen molar-refractivity contribution >= 4 is 7.28 Å². The molecule has 1 atom stereocenters. The first kappa shape index (κ1) is 4.19. The molecule has 1 aliphatic heterocycles. The van der Waals surface area contributed by atoms with Gasteiger partial charge >= 0.3 is 0 Å². The smallest absolute Gasteiger partial charge is 0.160 e. The van der Waals surface area contributed by atoms with Gasteiger partial charge in [-0.1, -0.05) is 13.2 Å². The zero-order valence-corrected chi connectivity index (χ0v) is 4.11. The average molecular weight is 83.9 g/mol. The van der Waals surface area contributed by atoms with Crippen LogP contribution in [-0.4, -0.2) is 19.9 Å². The summed E-state index contributed by atoms with van der Waals surface area (Å²) in [5.74, 6) is 0. The van der Waals surface area contributed by atoms with E-state index in [9.17, 15) is 0 Å². The monoisotopic (exact) mass is 84.1 g/mol. The second kappa shape index (κ2) is 1.65. The van der Waals surface area contributed by atoms with Crippen molar-refractivity contribution in [3.8, 4) is 0 Å². The summed E-state index contributed by atoms with van der Waals surface area (Å²) >= 11 is 0. The molecule has 34 valence electrons. The zero-order chi connectivity index (χ0) is 4.41. The number of epoxide rings is 1. The number of rotatable bonds is 2. The molecule has 0 aliphatic carbocycles. The van der Waals surface area contributed by atoms with Gasteiger partial charge in [-0.3, -0.25) is 0 Å². The van der Waals surface area contributed by atoms with Crippen molar-refractivity contribution in [1.82, 2.24) is 0 Å². The van der Waals surface area contributed by atoms with E-state index in [2.05, 4.69) is 6.92 Å². The van der Waals surface area contributed by atoms with Crippen molar-refractivity contribution in [1.29, 1.82) is 0 Å². The molecule has 0 spiro atoms. The Morgan fingerprint density at radius 2 is 2.67 bits per heavy atom. The van der Waals surface area contributed by atoms with E-state index in [4.69, 9.17) is 4.74 Å². The third-order valence-electron chi connectivity index (χ3n) is 1.01. The summed E-state index contributed by atoms with van der Waals surface area (Å²) in [7, 11) is 1.26. The van der Waals surface area contributed by atoms with E-state index in [1.807, 2.05) is 0 Å². The number of hydrogen-bond donors (Lipinski definition) is 0. The molecule has 0 amide bonds. The van der Waals surface area contributed by atoms with Gasteiger partial charge in [-0.2, -0.15) is 0 Å². The van der Waals surface area contributed by atoms with Gasteiger partial charge in [-0.15, -0.1) is 0 Å². The lowest BCUT2D eigenvalue weighted by Crippen LogP contribution is -1.95. The Morgan fingerprint density at radius 3 is 2.83 bits per heavy atom. The van der Waals surface area contributed by atoms with Gasteiger partial charge in [0.2, 0.25) is 0 Å². The number of ether oxygens (including phenoxy) is 1. The summed E-state index contributed by atoms with van der Waals surface area (Å²) in [6.07, 6.45) is 1.27. The third kappa shape index (κ3) is 1.01. The van der Waals surface area contributed by atoms with Gasteiger partial charge in [0.1, 0.15) is 0 Å².